The van der Waals surface area contributed by atoms with Crippen molar-refractivity contribution in [3.63, 3.8) is 0 Å². The molecule has 0 saturated heterocycles. The topological polar surface area (TPSA) is 38.3 Å². The lowest BCUT2D eigenvalue weighted by atomic mass is 10.0. The first-order chi connectivity index (χ1) is 7.31. The Morgan fingerprint density at radius 1 is 1.47 bits per heavy atom. The van der Waals surface area contributed by atoms with E-state index in [0.717, 1.165) is 11.3 Å². The number of ether oxygens (including phenoxy) is 1. The highest BCUT2D eigenvalue weighted by Crippen LogP contribution is 2.23. The van der Waals surface area contributed by atoms with Gasteiger partial charge in [-0.3, -0.25) is 0 Å². The van der Waals surface area contributed by atoms with Crippen molar-refractivity contribution in [3.05, 3.63) is 35.4 Å². The van der Waals surface area contributed by atoms with E-state index in [1.165, 1.54) is 0 Å². The summed E-state index contributed by atoms with van der Waals surface area (Å²) in [4.78, 5) is 11.5. The fourth-order valence-corrected chi connectivity index (χ4v) is 1.57. The summed E-state index contributed by atoms with van der Waals surface area (Å²) >= 11 is 0. The predicted molar refractivity (Wildman–Crippen MR) is 59.5 cm³/mol. The Bertz CT molecular complexity index is 410. The van der Waals surface area contributed by atoms with Crippen molar-refractivity contribution in [2.75, 3.05) is 18.5 Å². The Morgan fingerprint density at radius 3 is 3.07 bits per heavy atom. The maximum absolute atomic E-state index is 11.5. The molecule has 1 heterocycles. The van der Waals surface area contributed by atoms with Crippen LogP contribution in [0.1, 0.15) is 12.5 Å². The first kappa shape index (κ1) is 9.77. The molecule has 2 rings (SSSR count). The van der Waals surface area contributed by atoms with E-state index in [1.807, 2.05) is 37.3 Å². The van der Waals surface area contributed by atoms with Crippen LogP contribution in [-0.2, 0) is 9.53 Å². The molecule has 1 aliphatic heterocycles. The number of hydrogen-bond acceptors (Lipinski definition) is 3. The highest BCUT2D eigenvalue weighted by atomic mass is 16.5. The van der Waals surface area contributed by atoms with Gasteiger partial charge in [-0.15, -0.1) is 0 Å². The molecule has 0 unspecified atom stereocenters. The molecule has 1 aromatic carbocycles. The molecule has 1 N–H and O–H groups in total. The fourth-order valence-electron chi connectivity index (χ4n) is 1.57. The molecule has 3 heteroatoms. The lowest BCUT2D eigenvalue weighted by molar-refractivity contribution is -0.138. The van der Waals surface area contributed by atoms with Crippen LogP contribution in [0.2, 0.25) is 0 Å². The van der Waals surface area contributed by atoms with E-state index in [2.05, 4.69) is 5.32 Å². The average Bonchev–Trinajstić information content (AvgIpc) is 2.29. The summed E-state index contributed by atoms with van der Waals surface area (Å²) in [6.45, 7) is 2.76. The van der Waals surface area contributed by atoms with Crippen LogP contribution in [0.4, 0.5) is 5.69 Å². The Hall–Kier alpha value is -1.77. The number of esters is 1. The van der Waals surface area contributed by atoms with Crippen LogP contribution >= 0.6 is 0 Å². The lowest BCUT2D eigenvalue weighted by Crippen LogP contribution is -2.18. The Balaban J connectivity index is 2.25. The molecule has 3 nitrogen and oxygen atoms in total. The summed E-state index contributed by atoms with van der Waals surface area (Å²) in [5, 5.41) is 3.18. The maximum Gasteiger partial charge on any atom is 0.335 e. The minimum Gasteiger partial charge on any atom is -0.463 e. The third kappa shape index (κ3) is 2.01. The summed E-state index contributed by atoms with van der Waals surface area (Å²) in [6, 6.07) is 7.88. The summed E-state index contributed by atoms with van der Waals surface area (Å²) in [5.41, 5.74) is 2.77. The second kappa shape index (κ2) is 4.17. The van der Waals surface area contributed by atoms with Crippen molar-refractivity contribution in [1.82, 2.24) is 0 Å². The van der Waals surface area contributed by atoms with Crippen molar-refractivity contribution in [1.29, 1.82) is 0 Å². The number of rotatable bonds is 2. The van der Waals surface area contributed by atoms with Crippen molar-refractivity contribution >= 4 is 17.7 Å². The van der Waals surface area contributed by atoms with E-state index in [9.17, 15) is 4.79 Å². The van der Waals surface area contributed by atoms with Gasteiger partial charge in [0.15, 0.2) is 0 Å². The van der Waals surface area contributed by atoms with Crippen molar-refractivity contribution in [2.24, 2.45) is 0 Å². The minimum atomic E-state index is -0.237. The Morgan fingerprint density at radius 2 is 2.27 bits per heavy atom. The third-order valence-corrected chi connectivity index (χ3v) is 2.30. The van der Waals surface area contributed by atoms with E-state index in [0.29, 0.717) is 18.7 Å². The van der Waals surface area contributed by atoms with E-state index in [-0.39, 0.29) is 5.97 Å². The number of hydrogen-bond donors (Lipinski definition) is 1. The van der Waals surface area contributed by atoms with Crippen molar-refractivity contribution in [3.8, 4) is 0 Å². The van der Waals surface area contributed by atoms with Gasteiger partial charge in [0.2, 0.25) is 0 Å². The van der Waals surface area contributed by atoms with Gasteiger partial charge in [-0.05, 0) is 24.6 Å². The van der Waals surface area contributed by atoms with Crippen molar-refractivity contribution < 1.29 is 9.53 Å². The van der Waals surface area contributed by atoms with E-state index >= 15 is 0 Å². The SMILES string of the molecule is CCOC(=O)C1=Cc2ccccc2NC1. The van der Waals surface area contributed by atoms with Crippen LogP contribution in [0, 0.1) is 0 Å². The standard InChI is InChI=1S/C12H13NO2/c1-2-15-12(14)10-7-9-5-3-4-6-11(9)13-8-10/h3-7,13H,2,8H2,1H3. The predicted octanol–water partition coefficient (Wildman–Crippen LogP) is 2.06. The smallest absolute Gasteiger partial charge is 0.335 e. The molecular formula is C12H13NO2. The highest BCUT2D eigenvalue weighted by molar-refractivity contribution is 5.97. The number of anilines is 1. The molecule has 1 aromatic rings. The van der Waals surface area contributed by atoms with Gasteiger partial charge in [-0.1, -0.05) is 18.2 Å². The molecule has 15 heavy (non-hydrogen) atoms. The fraction of sp³-hybridized carbons (Fsp3) is 0.250. The van der Waals surface area contributed by atoms with E-state index in [4.69, 9.17) is 4.74 Å². The first-order valence-corrected chi connectivity index (χ1v) is 5.02. The minimum absolute atomic E-state index is 0.237. The molecule has 0 fully saturated rings. The molecular weight excluding hydrogens is 190 g/mol. The molecule has 0 saturated carbocycles. The zero-order chi connectivity index (χ0) is 10.7. The number of para-hydroxylation sites is 1. The van der Waals surface area contributed by atoms with Crippen LogP contribution in [0.5, 0.6) is 0 Å². The van der Waals surface area contributed by atoms with E-state index in [1.54, 1.807) is 0 Å². The molecule has 0 atom stereocenters. The zero-order valence-corrected chi connectivity index (χ0v) is 8.62. The van der Waals surface area contributed by atoms with Gasteiger partial charge in [0.05, 0.1) is 12.2 Å². The number of nitrogens with one attached hydrogen (secondary N) is 1. The molecule has 78 valence electrons. The van der Waals surface area contributed by atoms with Gasteiger partial charge in [0, 0.05) is 12.2 Å². The maximum atomic E-state index is 11.5. The largest absolute Gasteiger partial charge is 0.463 e. The number of benzene rings is 1. The summed E-state index contributed by atoms with van der Waals surface area (Å²) in [7, 11) is 0. The van der Waals surface area contributed by atoms with Crippen LogP contribution in [0.3, 0.4) is 0 Å². The summed E-state index contributed by atoms with van der Waals surface area (Å²) < 4.78 is 4.95. The average molecular weight is 203 g/mol. The Kier molecular flexibility index (Phi) is 2.72. The van der Waals surface area contributed by atoms with Gasteiger partial charge in [-0.25, -0.2) is 4.79 Å². The monoisotopic (exact) mass is 203 g/mol. The number of fused-ring (bicyclic) bond motifs is 1. The molecule has 0 amide bonds. The molecule has 0 aromatic heterocycles. The summed E-state index contributed by atoms with van der Waals surface area (Å²) in [6.07, 6.45) is 1.88. The first-order valence-electron chi connectivity index (χ1n) is 5.02. The van der Waals surface area contributed by atoms with Gasteiger partial charge >= 0.3 is 5.97 Å². The second-order valence-electron chi connectivity index (χ2n) is 3.33. The zero-order valence-electron chi connectivity index (χ0n) is 8.62. The van der Waals surface area contributed by atoms with Crippen LogP contribution in [0.15, 0.2) is 29.8 Å². The van der Waals surface area contributed by atoms with Gasteiger partial charge < -0.3 is 10.1 Å². The van der Waals surface area contributed by atoms with Gasteiger partial charge in [0.1, 0.15) is 0 Å². The van der Waals surface area contributed by atoms with Crippen LogP contribution in [0.25, 0.3) is 6.08 Å². The quantitative estimate of drug-likeness (QED) is 0.748. The third-order valence-electron chi connectivity index (χ3n) is 2.30. The molecule has 1 aliphatic rings. The number of carbonyl (C=O) groups excluding carboxylic acids is 1. The summed E-state index contributed by atoms with van der Waals surface area (Å²) in [5.74, 6) is -0.237. The van der Waals surface area contributed by atoms with Crippen LogP contribution in [-0.4, -0.2) is 19.1 Å². The van der Waals surface area contributed by atoms with E-state index < -0.39 is 0 Å². The molecule has 0 aliphatic carbocycles. The Labute approximate surface area is 88.8 Å². The number of carbonyl (C=O) groups is 1. The molecule has 0 radical (unpaired) electrons. The molecule has 0 spiro atoms. The van der Waals surface area contributed by atoms with Gasteiger partial charge in [0.25, 0.3) is 0 Å². The lowest BCUT2D eigenvalue weighted by Gasteiger charge is -2.17. The van der Waals surface area contributed by atoms with Crippen molar-refractivity contribution in [2.45, 2.75) is 6.92 Å². The second-order valence-corrected chi connectivity index (χ2v) is 3.33. The highest BCUT2D eigenvalue weighted by Gasteiger charge is 2.15. The van der Waals surface area contributed by atoms with Crippen LogP contribution < -0.4 is 5.32 Å². The molecule has 0 bridgehead atoms. The van der Waals surface area contributed by atoms with Gasteiger partial charge in [-0.2, -0.15) is 0 Å². The normalized spacial score (nSPS) is 13.5.